The molecule has 3 heterocycles. The van der Waals surface area contributed by atoms with Crippen LogP contribution >= 0.6 is 0 Å². The number of fused-ring (bicyclic) bond motifs is 1. The summed E-state index contributed by atoms with van der Waals surface area (Å²) in [6, 6.07) is 7.50. The van der Waals surface area contributed by atoms with Crippen LogP contribution in [0.4, 0.5) is 9.18 Å². The maximum atomic E-state index is 13.4. The number of aromatic nitrogens is 2. The van der Waals surface area contributed by atoms with Crippen LogP contribution in [0.5, 0.6) is 0 Å². The lowest BCUT2D eigenvalue weighted by molar-refractivity contribution is -0.131. The van der Waals surface area contributed by atoms with E-state index in [1.807, 2.05) is 6.92 Å². The minimum atomic E-state index is -1.18. The van der Waals surface area contributed by atoms with Gasteiger partial charge in [0, 0.05) is 11.3 Å². The largest absolute Gasteiger partial charge is 0.466 e. The summed E-state index contributed by atoms with van der Waals surface area (Å²) in [6.45, 7) is 5.38. The van der Waals surface area contributed by atoms with Gasteiger partial charge in [0.1, 0.15) is 22.9 Å². The summed E-state index contributed by atoms with van der Waals surface area (Å²) in [4.78, 5) is 27.4. The van der Waals surface area contributed by atoms with Gasteiger partial charge < -0.3 is 9.73 Å². The number of aryl methyl sites for hydroxylation is 2. The molecule has 1 fully saturated rings. The Morgan fingerprint density at radius 3 is 2.61 bits per heavy atom. The molecule has 0 radical (unpaired) electrons. The predicted molar refractivity (Wildman–Crippen MR) is 110 cm³/mol. The van der Waals surface area contributed by atoms with E-state index >= 15 is 0 Å². The van der Waals surface area contributed by atoms with E-state index in [0.717, 1.165) is 36.2 Å². The highest BCUT2D eigenvalue weighted by atomic mass is 19.1. The van der Waals surface area contributed by atoms with Gasteiger partial charge in [0.15, 0.2) is 0 Å². The second-order valence-electron chi connectivity index (χ2n) is 8.39. The van der Waals surface area contributed by atoms with Gasteiger partial charge in [-0.3, -0.25) is 9.69 Å². The molecule has 1 atom stereocenters. The van der Waals surface area contributed by atoms with E-state index in [-0.39, 0.29) is 18.3 Å². The highest BCUT2D eigenvalue weighted by Gasteiger charge is 2.51. The van der Waals surface area contributed by atoms with Crippen molar-refractivity contribution in [1.29, 1.82) is 0 Å². The number of nitrogens with zero attached hydrogens (tertiary/aromatic N) is 3. The minimum Gasteiger partial charge on any atom is -0.466 e. The number of amides is 3. The van der Waals surface area contributed by atoms with Crippen LogP contribution in [0.2, 0.25) is 0 Å². The molecule has 1 aliphatic heterocycles. The normalized spacial score (nSPS) is 20.5. The zero-order valence-corrected chi connectivity index (χ0v) is 17.7. The van der Waals surface area contributed by atoms with Crippen LogP contribution in [0.15, 0.2) is 34.7 Å². The predicted octanol–water partition coefficient (Wildman–Crippen LogP) is 3.68. The van der Waals surface area contributed by atoms with Crippen LogP contribution in [0, 0.1) is 19.7 Å². The van der Waals surface area contributed by atoms with E-state index in [1.54, 1.807) is 36.7 Å². The van der Waals surface area contributed by atoms with E-state index < -0.39 is 11.6 Å². The summed E-state index contributed by atoms with van der Waals surface area (Å²) in [5, 5.41) is 7.54. The number of nitrogens with one attached hydrogen (secondary N) is 1. The number of hydrogen-bond donors (Lipinski definition) is 1. The molecule has 8 heteroatoms. The van der Waals surface area contributed by atoms with E-state index in [0.29, 0.717) is 22.8 Å². The summed E-state index contributed by atoms with van der Waals surface area (Å²) in [5.74, 6) is 0.655. The van der Waals surface area contributed by atoms with Gasteiger partial charge in [0.05, 0.1) is 17.9 Å². The smallest absolute Gasteiger partial charge is 0.325 e. The monoisotopic (exact) mass is 422 g/mol. The van der Waals surface area contributed by atoms with Crippen molar-refractivity contribution in [2.75, 3.05) is 0 Å². The van der Waals surface area contributed by atoms with Crippen molar-refractivity contribution in [1.82, 2.24) is 20.0 Å². The number of hydrogen-bond acceptors (Lipinski definition) is 4. The van der Waals surface area contributed by atoms with Gasteiger partial charge in [-0.15, -0.1) is 0 Å². The van der Waals surface area contributed by atoms with Crippen molar-refractivity contribution < 1.29 is 18.4 Å². The first-order valence-corrected chi connectivity index (χ1v) is 10.3. The molecule has 31 heavy (non-hydrogen) atoms. The first-order chi connectivity index (χ1) is 14.8. The second kappa shape index (κ2) is 6.80. The van der Waals surface area contributed by atoms with Gasteiger partial charge in [-0.1, -0.05) is 0 Å². The summed E-state index contributed by atoms with van der Waals surface area (Å²) in [7, 11) is 0. The molecule has 1 aliphatic carbocycles. The second-order valence-corrected chi connectivity index (χ2v) is 8.39. The van der Waals surface area contributed by atoms with Crippen molar-refractivity contribution in [2.24, 2.45) is 0 Å². The van der Waals surface area contributed by atoms with Gasteiger partial charge in [-0.2, -0.15) is 5.10 Å². The molecule has 5 rings (SSSR count). The Bertz CT molecular complexity index is 1210. The quantitative estimate of drug-likeness (QED) is 0.651. The molecule has 2 aromatic heterocycles. The Hall–Kier alpha value is -3.42. The number of rotatable bonds is 4. The Balaban J connectivity index is 1.49. The molecule has 160 valence electrons. The van der Waals surface area contributed by atoms with Gasteiger partial charge in [-0.25, -0.2) is 13.9 Å². The molecule has 1 N–H and O–H groups in total. The minimum absolute atomic E-state index is 0.0899. The third-order valence-corrected chi connectivity index (χ3v) is 6.25. The number of urea groups is 1. The third-order valence-electron chi connectivity index (χ3n) is 6.25. The summed E-state index contributed by atoms with van der Waals surface area (Å²) >= 11 is 0. The fraction of sp³-hybridized carbons (Fsp3) is 0.348. The van der Waals surface area contributed by atoms with E-state index in [4.69, 9.17) is 9.52 Å². The van der Waals surface area contributed by atoms with Crippen LogP contribution in [-0.2, 0) is 29.7 Å². The number of furan rings is 1. The van der Waals surface area contributed by atoms with Gasteiger partial charge in [-0.05, 0) is 75.9 Å². The summed E-state index contributed by atoms with van der Waals surface area (Å²) in [5.41, 5.74) is 3.06. The average molecular weight is 422 g/mol. The maximum absolute atomic E-state index is 13.4. The number of carbonyl (C=O) groups excluding carboxylic acids is 2. The fourth-order valence-corrected chi connectivity index (χ4v) is 4.74. The molecule has 1 unspecified atom stereocenters. The van der Waals surface area contributed by atoms with E-state index in [2.05, 4.69) is 5.32 Å². The van der Waals surface area contributed by atoms with Crippen LogP contribution in [0.1, 0.15) is 47.4 Å². The van der Waals surface area contributed by atoms with Crippen molar-refractivity contribution in [2.45, 2.75) is 52.1 Å². The van der Waals surface area contributed by atoms with E-state index in [9.17, 15) is 14.0 Å². The molecule has 2 aliphatic rings. The highest BCUT2D eigenvalue weighted by molar-refractivity contribution is 6.07. The lowest BCUT2D eigenvalue weighted by Crippen LogP contribution is -2.41. The number of halogens is 1. The molecule has 0 saturated carbocycles. The molecule has 7 nitrogen and oxygen atoms in total. The van der Waals surface area contributed by atoms with Gasteiger partial charge in [0.2, 0.25) is 0 Å². The summed E-state index contributed by atoms with van der Waals surface area (Å²) < 4.78 is 20.7. The molecular formula is C23H23FN4O3. The average Bonchev–Trinajstić information content (AvgIpc) is 3.45. The first-order valence-electron chi connectivity index (χ1n) is 10.3. The Labute approximate surface area is 178 Å². The lowest BCUT2D eigenvalue weighted by Gasteiger charge is -2.21. The maximum Gasteiger partial charge on any atom is 0.325 e. The van der Waals surface area contributed by atoms with Crippen LogP contribution < -0.4 is 5.32 Å². The molecular weight excluding hydrogens is 399 g/mol. The SMILES string of the molecule is Cc1cc(C2(C)NC(=O)N(Cc3nn(-c4ccc(F)cc4)c4c3CCC4)C2=O)c(C)o1. The molecule has 0 spiro atoms. The van der Waals surface area contributed by atoms with Crippen molar-refractivity contribution in [3.8, 4) is 5.69 Å². The number of benzene rings is 1. The Morgan fingerprint density at radius 2 is 1.94 bits per heavy atom. The Morgan fingerprint density at radius 1 is 1.19 bits per heavy atom. The van der Waals surface area contributed by atoms with E-state index in [1.165, 1.54) is 17.0 Å². The van der Waals surface area contributed by atoms with Crippen LogP contribution in [0.3, 0.4) is 0 Å². The van der Waals surface area contributed by atoms with Crippen molar-refractivity contribution >= 4 is 11.9 Å². The number of carbonyl (C=O) groups is 2. The van der Waals surface area contributed by atoms with Crippen LogP contribution in [0.25, 0.3) is 5.69 Å². The number of imide groups is 1. The third kappa shape index (κ3) is 2.97. The zero-order valence-electron chi connectivity index (χ0n) is 17.7. The molecule has 1 aromatic carbocycles. The fourth-order valence-electron chi connectivity index (χ4n) is 4.74. The summed E-state index contributed by atoms with van der Waals surface area (Å²) in [6.07, 6.45) is 2.67. The zero-order chi connectivity index (χ0) is 21.9. The first kappa shape index (κ1) is 19.5. The van der Waals surface area contributed by atoms with Crippen molar-refractivity contribution in [3.05, 3.63) is 70.2 Å². The molecule has 1 saturated heterocycles. The van der Waals surface area contributed by atoms with Gasteiger partial charge >= 0.3 is 6.03 Å². The molecule has 3 amide bonds. The lowest BCUT2D eigenvalue weighted by atomic mass is 9.92. The Kier molecular flexibility index (Phi) is 4.28. The highest BCUT2D eigenvalue weighted by Crippen LogP contribution is 2.35. The van der Waals surface area contributed by atoms with Crippen LogP contribution in [-0.4, -0.2) is 26.6 Å². The van der Waals surface area contributed by atoms with Crippen molar-refractivity contribution in [3.63, 3.8) is 0 Å². The molecule has 3 aromatic rings. The standard InChI is InChI=1S/C23H23FN4O3/c1-13-11-18(14(2)31-13)23(3)21(29)27(22(30)25-23)12-19-17-5-4-6-20(17)28(26-19)16-9-7-15(24)8-10-16/h7-11H,4-6,12H2,1-3H3,(H,25,30). The topological polar surface area (TPSA) is 80.4 Å². The van der Waals surface area contributed by atoms with Gasteiger partial charge in [0.25, 0.3) is 5.91 Å². The molecule has 0 bridgehead atoms.